The zero-order chi connectivity index (χ0) is 44.7. The van der Waals surface area contributed by atoms with Crippen LogP contribution in [0.1, 0.15) is 73.3 Å². The van der Waals surface area contributed by atoms with E-state index in [0.717, 1.165) is 65.1 Å². The van der Waals surface area contributed by atoms with Gasteiger partial charge in [-0.2, -0.15) is 0 Å². The molecule has 322 valence electrons. The van der Waals surface area contributed by atoms with E-state index in [0.29, 0.717) is 35.9 Å². The lowest BCUT2D eigenvalue weighted by Gasteiger charge is -2.33. The first-order valence-corrected chi connectivity index (χ1v) is 23.5. The predicted molar refractivity (Wildman–Crippen MR) is 263 cm³/mol. The van der Waals surface area contributed by atoms with Crippen LogP contribution in [0.4, 0.5) is 5.69 Å². The molecule has 4 N–H and O–H groups in total. The summed E-state index contributed by atoms with van der Waals surface area (Å²) in [5, 5.41) is 45.4. The first-order valence-electron chi connectivity index (χ1n) is 22.0. The molecule has 1 aliphatic carbocycles. The van der Waals surface area contributed by atoms with Crippen molar-refractivity contribution >= 4 is 83.3 Å². The molecule has 1 saturated carbocycles. The number of allylic oxidation sites excluding steroid dienone is 1. The molecule has 0 amide bonds. The SMILES string of the molecule is C/C=C\c1c(C)cc2ccccc2c1CN([B]C1CCCCCC([B]N(Cc2ccccc2B(O)O)S(=O)(=O)c2cccc3c(N(C)C)cccc23)C1)Cc1ccccc1B(O)O. The van der Waals surface area contributed by atoms with E-state index in [4.69, 9.17) is 0 Å². The molecule has 7 rings (SSSR count). The number of hydrogen-bond acceptors (Lipinski definition) is 8. The lowest BCUT2D eigenvalue weighted by atomic mass is 9.58. The van der Waals surface area contributed by atoms with E-state index in [1.165, 1.54) is 15.3 Å². The Morgan fingerprint density at radius 3 is 1.94 bits per heavy atom. The second kappa shape index (κ2) is 20.9. The molecule has 0 bridgehead atoms. The number of rotatable bonds is 16. The zero-order valence-corrected chi connectivity index (χ0v) is 37.6. The summed E-state index contributed by atoms with van der Waals surface area (Å²) >= 11 is 0. The van der Waals surface area contributed by atoms with E-state index in [2.05, 4.69) is 61.6 Å². The Hall–Kier alpha value is -4.65. The van der Waals surface area contributed by atoms with Crippen molar-refractivity contribution in [2.24, 2.45) is 0 Å². The van der Waals surface area contributed by atoms with Crippen LogP contribution in [-0.4, -0.2) is 80.7 Å². The number of fused-ring (bicyclic) bond motifs is 2. The van der Waals surface area contributed by atoms with Gasteiger partial charge in [0, 0.05) is 50.2 Å². The zero-order valence-electron chi connectivity index (χ0n) is 36.8. The molecule has 6 aromatic carbocycles. The van der Waals surface area contributed by atoms with Crippen LogP contribution in [-0.2, 0) is 29.7 Å². The third-order valence-electron chi connectivity index (χ3n) is 12.5. The van der Waals surface area contributed by atoms with E-state index in [9.17, 15) is 20.1 Å². The summed E-state index contributed by atoms with van der Waals surface area (Å²) < 4.78 is 31.9. The monoisotopic (exact) mass is 859 g/mol. The van der Waals surface area contributed by atoms with Crippen molar-refractivity contribution in [2.75, 3.05) is 19.0 Å². The summed E-state index contributed by atoms with van der Waals surface area (Å²) in [4.78, 5) is 4.47. The molecular formula is C49H57B4N3O6S. The molecule has 0 saturated heterocycles. The minimum atomic E-state index is -4.18. The Bertz CT molecular complexity index is 2660. The molecule has 14 heteroatoms. The first kappa shape index (κ1) is 46.3. The molecule has 63 heavy (non-hydrogen) atoms. The fraction of sp³-hybridized carbons (Fsp3) is 0.306. The van der Waals surface area contributed by atoms with E-state index in [1.54, 1.807) is 42.5 Å². The van der Waals surface area contributed by atoms with E-state index in [1.807, 2.05) is 75.8 Å². The highest BCUT2D eigenvalue weighted by Gasteiger charge is 2.34. The molecule has 0 spiro atoms. The number of nitrogens with zero attached hydrogens (tertiary/aromatic N) is 3. The largest absolute Gasteiger partial charge is 0.488 e. The molecule has 2 radical (unpaired) electrons. The van der Waals surface area contributed by atoms with Gasteiger partial charge in [0.25, 0.3) is 0 Å². The lowest BCUT2D eigenvalue weighted by Crippen LogP contribution is -2.41. The van der Waals surface area contributed by atoms with Gasteiger partial charge in [0.15, 0.2) is 0 Å². The Morgan fingerprint density at radius 1 is 0.683 bits per heavy atom. The molecular weight excluding hydrogens is 802 g/mol. The number of hydrogen-bond donors (Lipinski definition) is 4. The topological polar surface area (TPSA) is 125 Å². The van der Waals surface area contributed by atoms with Gasteiger partial charge >= 0.3 is 14.2 Å². The van der Waals surface area contributed by atoms with Gasteiger partial charge in [-0.15, -0.1) is 0 Å². The third kappa shape index (κ3) is 10.8. The van der Waals surface area contributed by atoms with E-state index in [-0.39, 0.29) is 28.5 Å². The maximum Gasteiger partial charge on any atom is 0.488 e. The summed E-state index contributed by atoms with van der Waals surface area (Å²) in [6, 6.07) is 36.1. The Labute approximate surface area is 375 Å². The normalized spacial score (nSPS) is 16.1. The van der Waals surface area contributed by atoms with E-state index < -0.39 is 24.3 Å². The maximum absolute atomic E-state index is 15.2. The molecule has 0 heterocycles. The maximum atomic E-state index is 15.2. The number of anilines is 1. The lowest BCUT2D eigenvalue weighted by molar-refractivity contribution is 0.404. The third-order valence-corrected chi connectivity index (χ3v) is 14.2. The number of aryl methyl sites for hydroxylation is 1. The average molecular weight is 859 g/mol. The molecule has 0 aromatic heterocycles. The molecule has 1 fully saturated rings. The fourth-order valence-corrected chi connectivity index (χ4v) is 11.0. The highest BCUT2D eigenvalue weighted by Crippen LogP contribution is 2.38. The number of sulfonamides is 1. The van der Waals surface area contributed by atoms with Gasteiger partial charge in [-0.25, -0.2) is 12.6 Å². The molecule has 6 aromatic rings. The standard InChI is InChI=1S/C49H57B4N3O6S/c1-5-17-41-35(2)30-36-18-9-12-23-42(36)45(41)34-55(32-37-19-10-13-26-46(37)52(57)58)50-39-21-7-6-8-22-40(31-39)51-56(33-38-20-11-14-27-47(38)53(59)60)63(61,62)49-29-16-24-43-44(49)25-15-28-48(43)54(3)4/h5,9-20,23-30,39-40,57-60H,6-8,21-22,31-34H2,1-4H3/b17-5-. The fourth-order valence-electron chi connectivity index (χ4n) is 9.41. The van der Waals surface area contributed by atoms with Crippen molar-refractivity contribution in [1.29, 1.82) is 0 Å². The Morgan fingerprint density at radius 2 is 1.27 bits per heavy atom. The van der Waals surface area contributed by atoms with Crippen molar-refractivity contribution in [3.05, 3.63) is 149 Å². The van der Waals surface area contributed by atoms with Crippen LogP contribution in [0.3, 0.4) is 0 Å². The summed E-state index contributed by atoms with van der Waals surface area (Å²) in [5.41, 5.74) is 6.47. The van der Waals surface area contributed by atoms with Gasteiger partial charge in [0.2, 0.25) is 24.9 Å². The van der Waals surface area contributed by atoms with Crippen molar-refractivity contribution < 1.29 is 28.5 Å². The van der Waals surface area contributed by atoms with Crippen molar-refractivity contribution in [3.8, 4) is 0 Å². The smallest absolute Gasteiger partial charge is 0.423 e. The van der Waals surface area contributed by atoms with Gasteiger partial charge in [0.05, 0.1) is 4.90 Å². The van der Waals surface area contributed by atoms with Gasteiger partial charge in [-0.1, -0.05) is 165 Å². The molecule has 2 unspecified atom stereocenters. The summed E-state index contributed by atoms with van der Waals surface area (Å²) in [5.74, 6) is -0.0676. The summed E-state index contributed by atoms with van der Waals surface area (Å²) in [6.07, 6.45) is 9.60. The summed E-state index contributed by atoms with van der Waals surface area (Å²) in [7, 11) is 0.506. The molecule has 2 atom stereocenters. The van der Waals surface area contributed by atoms with Gasteiger partial charge < -0.3 is 29.8 Å². The Kier molecular flexibility index (Phi) is 15.4. The van der Waals surface area contributed by atoms with Crippen LogP contribution in [0, 0.1) is 6.92 Å². The van der Waals surface area contributed by atoms with Gasteiger partial charge in [0.1, 0.15) is 0 Å². The molecule has 9 nitrogen and oxygen atoms in total. The minimum Gasteiger partial charge on any atom is -0.423 e. The van der Waals surface area contributed by atoms with Crippen LogP contribution < -0.4 is 15.8 Å². The molecule has 1 aliphatic rings. The second-order valence-electron chi connectivity index (χ2n) is 17.1. The second-order valence-corrected chi connectivity index (χ2v) is 19.0. The van der Waals surface area contributed by atoms with Crippen molar-refractivity contribution in [3.63, 3.8) is 0 Å². The Balaban J connectivity index is 1.26. The predicted octanol–water partition coefficient (Wildman–Crippen LogP) is 6.82. The van der Waals surface area contributed by atoms with Crippen LogP contribution in [0.15, 0.2) is 126 Å². The quantitative estimate of drug-likeness (QED) is 0.0783. The van der Waals surface area contributed by atoms with Crippen LogP contribution in [0.5, 0.6) is 0 Å². The number of benzene rings is 6. The summed E-state index contributed by atoms with van der Waals surface area (Å²) in [6.45, 7) is 5.10. The van der Waals surface area contributed by atoms with Crippen molar-refractivity contribution in [1.82, 2.24) is 9.03 Å². The highest BCUT2D eigenvalue weighted by molar-refractivity contribution is 7.90. The highest BCUT2D eigenvalue weighted by atomic mass is 32.2. The van der Waals surface area contributed by atoms with Crippen LogP contribution in [0.25, 0.3) is 27.6 Å². The van der Waals surface area contributed by atoms with Crippen LogP contribution in [0.2, 0.25) is 11.6 Å². The van der Waals surface area contributed by atoms with Crippen molar-refractivity contribution in [2.45, 2.75) is 88.5 Å². The minimum absolute atomic E-state index is 0.0651. The first-order chi connectivity index (χ1) is 30.3. The van der Waals surface area contributed by atoms with Gasteiger partial charge in [-0.05, 0) is 75.5 Å². The van der Waals surface area contributed by atoms with Gasteiger partial charge in [-0.3, -0.25) is 0 Å². The molecule has 0 aliphatic heterocycles. The average Bonchev–Trinajstić information content (AvgIpc) is 3.25. The van der Waals surface area contributed by atoms with E-state index >= 15 is 8.42 Å². The van der Waals surface area contributed by atoms with Crippen LogP contribution >= 0.6 is 0 Å².